The predicted molar refractivity (Wildman–Crippen MR) is 65.1 cm³/mol. The van der Waals surface area contributed by atoms with Crippen molar-refractivity contribution in [3.8, 4) is 0 Å². The molecule has 90 valence electrons. The number of hydrogen-bond acceptors (Lipinski definition) is 2. The van der Waals surface area contributed by atoms with Gasteiger partial charge in [0.25, 0.3) is 0 Å². The summed E-state index contributed by atoms with van der Waals surface area (Å²) in [5, 5.41) is 3.66. The summed E-state index contributed by atoms with van der Waals surface area (Å²) in [6, 6.07) is 0.544. The first-order chi connectivity index (χ1) is 7.23. The molecule has 0 saturated heterocycles. The van der Waals surface area contributed by atoms with E-state index in [-0.39, 0.29) is 0 Å². The summed E-state index contributed by atoms with van der Waals surface area (Å²) in [4.78, 5) is 0. The second-order valence-electron chi connectivity index (χ2n) is 5.18. The second kappa shape index (κ2) is 6.49. The Labute approximate surface area is 94.8 Å². The number of rotatable bonds is 6. The van der Waals surface area contributed by atoms with Gasteiger partial charge in [0.15, 0.2) is 0 Å². The molecule has 2 nitrogen and oxygen atoms in total. The molecule has 0 amide bonds. The molecule has 1 unspecified atom stereocenters. The van der Waals surface area contributed by atoms with Gasteiger partial charge in [0, 0.05) is 13.2 Å². The van der Waals surface area contributed by atoms with Gasteiger partial charge in [-0.05, 0) is 31.2 Å². The van der Waals surface area contributed by atoms with Crippen LogP contribution in [-0.2, 0) is 4.74 Å². The van der Waals surface area contributed by atoms with Gasteiger partial charge in [-0.3, -0.25) is 0 Å². The van der Waals surface area contributed by atoms with E-state index in [0.29, 0.717) is 11.5 Å². The summed E-state index contributed by atoms with van der Waals surface area (Å²) in [6.07, 6.45) is 8.13. The van der Waals surface area contributed by atoms with Crippen LogP contribution < -0.4 is 5.32 Å². The highest BCUT2D eigenvalue weighted by molar-refractivity contribution is 4.89. The van der Waals surface area contributed by atoms with Gasteiger partial charge in [0.2, 0.25) is 0 Å². The third-order valence-corrected chi connectivity index (χ3v) is 3.81. The van der Waals surface area contributed by atoms with E-state index in [1.807, 2.05) is 7.11 Å². The summed E-state index contributed by atoms with van der Waals surface area (Å²) >= 11 is 0. The molecule has 0 heterocycles. The van der Waals surface area contributed by atoms with Crippen LogP contribution in [0.2, 0.25) is 0 Å². The van der Waals surface area contributed by atoms with Gasteiger partial charge in [-0.1, -0.05) is 33.1 Å². The zero-order valence-corrected chi connectivity index (χ0v) is 10.6. The summed E-state index contributed by atoms with van der Waals surface area (Å²) in [7, 11) is 1.81. The van der Waals surface area contributed by atoms with Crippen molar-refractivity contribution < 1.29 is 4.74 Å². The minimum atomic E-state index is 0.462. The Bertz CT molecular complexity index is 164. The van der Waals surface area contributed by atoms with Crippen LogP contribution >= 0.6 is 0 Å². The highest BCUT2D eigenvalue weighted by Gasteiger charge is 2.34. The van der Waals surface area contributed by atoms with E-state index in [2.05, 4.69) is 19.2 Å². The third kappa shape index (κ3) is 3.76. The fourth-order valence-electron chi connectivity index (χ4n) is 2.70. The molecule has 0 aromatic rings. The van der Waals surface area contributed by atoms with Crippen LogP contribution in [-0.4, -0.2) is 26.3 Å². The maximum Gasteiger partial charge on any atom is 0.0621 e. The van der Waals surface area contributed by atoms with Crippen LogP contribution in [0.4, 0.5) is 0 Å². The molecule has 15 heavy (non-hydrogen) atoms. The Hall–Kier alpha value is -0.0800. The van der Waals surface area contributed by atoms with Crippen LogP contribution in [0.15, 0.2) is 0 Å². The Morgan fingerprint density at radius 3 is 2.47 bits per heavy atom. The topological polar surface area (TPSA) is 21.3 Å². The SMILES string of the molecule is CCCNC(COC)C1(C)CCCCC1. The van der Waals surface area contributed by atoms with Crippen LogP contribution in [0.25, 0.3) is 0 Å². The fourth-order valence-corrected chi connectivity index (χ4v) is 2.70. The molecule has 0 radical (unpaired) electrons. The molecule has 0 bridgehead atoms. The van der Waals surface area contributed by atoms with Crippen molar-refractivity contribution in [1.29, 1.82) is 0 Å². The smallest absolute Gasteiger partial charge is 0.0621 e. The van der Waals surface area contributed by atoms with Crippen LogP contribution in [0.1, 0.15) is 52.4 Å². The molecule has 2 heteroatoms. The van der Waals surface area contributed by atoms with Crippen molar-refractivity contribution in [3.05, 3.63) is 0 Å². The van der Waals surface area contributed by atoms with E-state index in [4.69, 9.17) is 4.74 Å². The Balaban J connectivity index is 2.50. The molecule has 1 saturated carbocycles. The molecule has 1 aliphatic rings. The minimum absolute atomic E-state index is 0.462. The van der Waals surface area contributed by atoms with Gasteiger partial charge in [-0.25, -0.2) is 0 Å². The summed E-state index contributed by atoms with van der Waals surface area (Å²) in [5.41, 5.74) is 0.462. The van der Waals surface area contributed by atoms with Crippen molar-refractivity contribution in [2.45, 2.75) is 58.4 Å². The van der Waals surface area contributed by atoms with E-state index in [1.165, 1.54) is 38.5 Å². The zero-order chi connectivity index (χ0) is 11.1. The summed E-state index contributed by atoms with van der Waals surface area (Å²) in [5.74, 6) is 0. The van der Waals surface area contributed by atoms with E-state index in [1.54, 1.807) is 0 Å². The van der Waals surface area contributed by atoms with E-state index < -0.39 is 0 Å². The molecule has 0 spiro atoms. The first-order valence-corrected chi connectivity index (χ1v) is 6.45. The van der Waals surface area contributed by atoms with Crippen LogP contribution in [0, 0.1) is 5.41 Å². The summed E-state index contributed by atoms with van der Waals surface area (Å²) < 4.78 is 5.36. The number of nitrogens with one attached hydrogen (secondary N) is 1. The van der Waals surface area contributed by atoms with Gasteiger partial charge in [0.05, 0.1) is 6.61 Å². The second-order valence-corrected chi connectivity index (χ2v) is 5.18. The number of methoxy groups -OCH3 is 1. The molecule has 1 fully saturated rings. The fraction of sp³-hybridized carbons (Fsp3) is 1.00. The lowest BCUT2D eigenvalue weighted by atomic mass is 9.70. The zero-order valence-electron chi connectivity index (χ0n) is 10.6. The van der Waals surface area contributed by atoms with Crippen LogP contribution in [0.3, 0.4) is 0 Å². The standard InChI is InChI=1S/C13H27NO/c1-4-10-14-12(11-15-3)13(2)8-6-5-7-9-13/h12,14H,4-11H2,1-3H3. The lowest BCUT2D eigenvalue weighted by Crippen LogP contribution is -2.47. The van der Waals surface area contributed by atoms with Crippen LogP contribution in [0.5, 0.6) is 0 Å². The molecule has 1 aliphatic carbocycles. The van der Waals surface area contributed by atoms with E-state index >= 15 is 0 Å². The average molecular weight is 213 g/mol. The van der Waals surface area contributed by atoms with Gasteiger partial charge in [-0.2, -0.15) is 0 Å². The van der Waals surface area contributed by atoms with Crippen molar-refractivity contribution in [3.63, 3.8) is 0 Å². The molecule has 0 aromatic carbocycles. The quantitative estimate of drug-likeness (QED) is 0.732. The molecule has 1 rings (SSSR count). The van der Waals surface area contributed by atoms with E-state index in [0.717, 1.165) is 13.2 Å². The van der Waals surface area contributed by atoms with Gasteiger partial charge in [-0.15, -0.1) is 0 Å². The maximum absolute atomic E-state index is 5.36. The van der Waals surface area contributed by atoms with Crippen molar-refractivity contribution >= 4 is 0 Å². The summed E-state index contributed by atoms with van der Waals surface area (Å²) in [6.45, 7) is 6.62. The normalized spacial score (nSPS) is 22.6. The molecule has 0 aliphatic heterocycles. The predicted octanol–water partition coefficient (Wildman–Crippen LogP) is 2.97. The monoisotopic (exact) mass is 213 g/mol. The lowest BCUT2D eigenvalue weighted by Gasteiger charge is -2.41. The molecule has 1 N–H and O–H groups in total. The number of ether oxygens (including phenoxy) is 1. The van der Waals surface area contributed by atoms with E-state index in [9.17, 15) is 0 Å². The van der Waals surface area contributed by atoms with Crippen molar-refractivity contribution in [2.24, 2.45) is 5.41 Å². The van der Waals surface area contributed by atoms with Gasteiger partial charge < -0.3 is 10.1 Å². The highest BCUT2D eigenvalue weighted by Crippen LogP contribution is 2.38. The molecular formula is C13H27NO. The maximum atomic E-state index is 5.36. The molecule has 1 atom stereocenters. The lowest BCUT2D eigenvalue weighted by molar-refractivity contribution is 0.0694. The van der Waals surface area contributed by atoms with Gasteiger partial charge in [0.1, 0.15) is 0 Å². The van der Waals surface area contributed by atoms with Crippen molar-refractivity contribution in [1.82, 2.24) is 5.32 Å². The minimum Gasteiger partial charge on any atom is -0.383 e. The van der Waals surface area contributed by atoms with Crippen molar-refractivity contribution in [2.75, 3.05) is 20.3 Å². The Morgan fingerprint density at radius 2 is 1.93 bits per heavy atom. The highest BCUT2D eigenvalue weighted by atomic mass is 16.5. The molecular weight excluding hydrogens is 186 g/mol. The third-order valence-electron chi connectivity index (χ3n) is 3.81. The molecule has 0 aromatic heterocycles. The first kappa shape index (κ1) is 13.0. The van der Waals surface area contributed by atoms with Gasteiger partial charge >= 0.3 is 0 Å². The largest absolute Gasteiger partial charge is 0.383 e. The Kier molecular flexibility index (Phi) is 5.62. The first-order valence-electron chi connectivity index (χ1n) is 6.45. The number of hydrogen-bond donors (Lipinski definition) is 1. The average Bonchev–Trinajstić information content (AvgIpc) is 2.25. The Morgan fingerprint density at radius 1 is 1.27 bits per heavy atom.